The second-order valence-corrected chi connectivity index (χ2v) is 6.20. The lowest BCUT2D eigenvalue weighted by Crippen LogP contribution is -2.52. The first-order chi connectivity index (χ1) is 11.2. The maximum absolute atomic E-state index is 14.8. The first kappa shape index (κ1) is 18.2. The number of para-hydroxylation sites is 1. The molecule has 2 rings (SSSR count). The van der Waals surface area contributed by atoms with Gasteiger partial charge in [-0.1, -0.05) is 12.1 Å². The Hall–Kier alpha value is -2.18. The second kappa shape index (κ2) is 6.75. The van der Waals surface area contributed by atoms with Crippen LogP contribution in [0.2, 0.25) is 0 Å². The van der Waals surface area contributed by atoms with E-state index in [1.165, 1.54) is 19.1 Å². The molecule has 7 heteroatoms. The van der Waals surface area contributed by atoms with Crippen molar-refractivity contribution in [1.82, 2.24) is 4.90 Å². The summed E-state index contributed by atoms with van der Waals surface area (Å²) in [5.74, 6) is -6.29. The number of ether oxygens (including phenoxy) is 1. The van der Waals surface area contributed by atoms with Crippen molar-refractivity contribution in [2.24, 2.45) is 5.41 Å². The number of carbonyl (C=O) groups is 2. The van der Waals surface area contributed by atoms with Crippen LogP contribution >= 0.6 is 0 Å². The number of piperidine rings is 1. The van der Waals surface area contributed by atoms with Crippen molar-refractivity contribution in [3.8, 4) is 5.75 Å². The molecule has 1 aromatic carbocycles. The highest BCUT2D eigenvalue weighted by atomic mass is 19.3. The number of likely N-dealkylation sites (tertiary alicyclic amines) is 1. The lowest BCUT2D eigenvalue weighted by atomic mass is 9.81. The van der Waals surface area contributed by atoms with Gasteiger partial charge in [-0.2, -0.15) is 8.78 Å². The van der Waals surface area contributed by atoms with E-state index in [1.807, 2.05) is 0 Å². The molecule has 0 aromatic heterocycles. The summed E-state index contributed by atoms with van der Waals surface area (Å²) in [5, 5.41) is 9.29. The highest BCUT2D eigenvalue weighted by Gasteiger charge is 2.49. The number of carboxylic acid groups (broad SMARTS) is 1. The summed E-state index contributed by atoms with van der Waals surface area (Å²) in [6, 6.07) is 5.51. The van der Waals surface area contributed by atoms with E-state index in [4.69, 9.17) is 4.74 Å². The van der Waals surface area contributed by atoms with Crippen molar-refractivity contribution < 1.29 is 28.2 Å². The Labute approximate surface area is 139 Å². The third kappa shape index (κ3) is 3.34. The molecule has 1 N–H and O–H groups in total. The minimum absolute atomic E-state index is 0.0450. The number of carbonyl (C=O) groups excluding carboxylic acids is 1. The Morgan fingerprint density at radius 1 is 1.38 bits per heavy atom. The first-order valence-corrected chi connectivity index (χ1v) is 7.85. The van der Waals surface area contributed by atoms with E-state index in [-0.39, 0.29) is 25.4 Å². The lowest BCUT2D eigenvalue weighted by molar-refractivity contribution is -0.166. The average molecular weight is 341 g/mol. The highest BCUT2D eigenvalue weighted by molar-refractivity contribution is 5.86. The molecule has 1 unspecified atom stereocenters. The Bertz CT molecular complexity index is 635. The molecule has 1 atom stereocenters. The zero-order valence-electron chi connectivity index (χ0n) is 13.7. The van der Waals surface area contributed by atoms with E-state index in [9.17, 15) is 23.5 Å². The summed E-state index contributed by atoms with van der Waals surface area (Å²) in [7, 11) is 0. The van der Waals surface area contributed by atoms with Crippen molar-refractivity contribution in [1.29, 1.82) is 0 Å². The molecule has 5 nitrogen and oxygen atoms in total. The van der Waals surface area contributed by atoms with E-state index in [2.05, 4.69) is 0 Å². The van der Waals surface area contributed by atoms with E-state index in [0.717, 1.165) is 11.0 Å². The number of aliphatic carboxylic acids is 1. The van der Waals surface area contributed by atoms with Crippen LogP contribution in [0.4, 0.5) is 8.78 Å². The number of hydrogen-bond donors (Lipinski definition) is 1. The number of rotatable bonds is 5. The Morgan fingerprint density at radius 2 is 2.04 bits per heavy atom. The van der Waals surface area contributed by atoms with E-state index < -0.39 is 28.8 Å². The first-order valence-electron chi connectivity index (χ1n) is 7.85. The van der Waals surface area contributed by atoms with Gasteiger partial charge in [0.2, 0.25) is 0 Å². The molecule has 0 saturated carbocycles. The number of alkyl halides is 2. The smallest absolute Gasteiger partial charge is 0.353 e. The summed E-state index contributed by atoms with van der Waals surface area (Å²) in [6.07, 6.45) is 0.727. The summed E-state index contributed by atoms with van der Waals surface area (Å²) in [5.41, 5.74) is -1.71. The molecule has 1 aromatic rings. The zero-order chi connectivity index (χ0) is 18.0. The molecule has 1 fully saturated rings. The maximum atomic E-state index is 14.8. The Balaban J connectivity index is 2.29. The standard InChI is InChI=1S/C17H21F2NO4/c1-3-24-13-8-5-4-7-12(13)17(18,19)14(21)20-10-6-9-16(2,11-20)15(22)23/h4-5,7-8H,3,6,9-11H2,1-2H3,(H,22,23). The minimum Gasteiger partial charge on any atom is -0.493 e. The van der Waals surface area contributed by atoms with Crippen molar-refractivity contribution >= 4 is 11.9 Å². The van der Waals surface area contributed by atoms with Crippen molar-refractivity contribution in [2.45, 2.75) is 32.6 Å². The molecule has 1 heterocycles. The van der Waals surface area contributed by atoms with Crippen LogP contribution < -0.4 is 4.74 Å². The van der Waals surface area contributed by atoms with Crippen molar-refractivity contribution in [3.63, 3.8) is 0 Å². The molecule has 0 radical (unpaired) electrons. The van der Waals surface area contributed by atoms with Crippen LogP contribution in [0.5, 0.6) is 5.75 Å². The van der Waals surface area contributed by atoms with Gasteiger partial charge in [0.05, 0.1) is 17.6 Å². The van der Waals surface area contributed by atoms with E-state index in [1.54, 1.807) is 13.0 Å². The molecular weight excluding hydrogens is 320 g/mol. The molecule has 0 spiro atoms. The SMILES string of the molecule is CCOc1ccccc1C(F)(F)C(=O)N1CCCC(C)(C(=O)O)C1. The fourth-order valence-electron chi connectivity index (χ4n) is 2.91. The predicted octanol–water partition coefficient (Wildman–Crippen LogP) is 2.89. The average Bonchev–Trinajstić information content (AvgIpc) is 2.54. The lowest BCUT2D eigenvalue weighted by Gasteiger charge is -2.38. The van der Waals surface area contributed by atoms with Gasteiger partial charge in [-0.05, 0) is 38.8 Å². The van der Waals surface area contributed by atoms with Crippen LogP contribution in [-0.4, -0.2) is 41.6 Å². The fourth-order valence-corrected chi connectivity index (χ4v) is 2.91. The monoisotopic (exact) mass is 341 g/mol. The summed E-state index contributed by atoms with van der Waals surface area (Å²) < 4.78 is 34.7. The molecule has 24 heavy (non-hydrogen) atoms. The maximum Gasteiger partial charge on any atom is 0.353 e. The van der Waals surface area contributed by atoms with Gasteiger partial charge in [-0.15, -0.1) is 0 Å². The third-order valence-corrected chi connectivity index (χ3v) is 4.29. The summed E-state index contributed by atoms with van der Waals surface area (Å²) >= 11 is 0. The van der Waals surface area contributed by atoms with Gasteiger partial charge in [0.15, 0.2) is 0 Å². The Kier molecular flexibility index (Phi) is 5.11. The number of halogens is 2. The van der Waals surface area contributed by atoms with E-state index >= 15 is 0 Å². The van der Waals surface area contributed by atoms with Gasteiger partial charge in [-0.25, -0.2) is 0 Å². The second-order valence-electron chi connectivity index (χ2n) is 6.20. The number of nitrogens with zero attached hydrogens (tertiary/aromatic N) is 1. The summed E-state index contributed by atoms with van der Waals surface area (Å²) in [6.45, 7) is 3.23. The van der Waals surface area contributed by atoms with Crippen molar-refractivity contribution in [3.05, 3.63) is 29.8 Å². The normalized spacial score (nSPS) is 21.4. The highest BCUT2D eigenvalue weighted by Crippen LogP contribution is 2.39. The molecule has 132 valence electrons. The van der Waals surface area contributed by atoms with Gasteiger partial charge in [0.25, 0.3) is 5.91 Å². The fraction of sp³-hybridized carbons (Fsp3) is 0.529. The molecule has 0 aliphatic carbocycles. The molecule has 1 aliphatic heterocycles. The number of hydrogen-bond acceptors (Lipinski definition) is 3. The number of benzene rings is 1. The van der Waals surface area contributed by atoms with E-state index in [0.29, 0.717) is 12.8 Å². The molecule has 1 aliphatic rings. The van der Waals surface area contributed by atoms with Crippen LogP contribution in [0.25, 0.3) is 0 Å². The molecule has 0 bridgehead atoms. The third-order valence-electron chi connectivity index (χ3n) is 4.29. The van der Waals surface area contributed by atoms with Crippen LogP contribution in [-0.2, 0) is 15.5 Å². The van der Waals surface area contributed by atoms with Gasteiger partial charge >= 0.3 is 11.9 Å². The molecule has 1 saturated heterocycles. The number of carboxylic acids is 1. The molecular formula is C17H21F2NO4. The zero-order valence-corrected chi connectivity index (χ0v) is 13.7. The topological polar surface area (TPSA) is 66.8 Å². The minimum atomic E-state index is -3.78. The predicted molar refractivity (Wildman–Crippen MR) is 83.1 cm³/mol. The van der Waals surface area contributed by atoms with Gasteiger partial charge in [0, 0.05) is 13.1 Å². The summed E-state index contributed by atoms with van der Waals surface area (Å²) in [4.78, 5) is 24.7. The van der Waals surface area contributed by atoms with Crippen LogP contribution in [0.1, 0.15) is 32.3 Å². The van der Waals surface area contributed by atoms with Crippen LogP contribution in [0.15, 0.2) is 24.3 Å². The molecule has 1 amide bonds. The van der Waals surface area contributed by atoms with Crippen molar-refractivity contribution in [2.75, 3.05) is 19.7 Å². The largest absolute Gasteiger partial charge is 0.493 e. The van der Waals surface area contributed by atoms with Crippen LogP contribution in [0, 0.1) is 5.41 Å². The van der Waals surface area contributed by atoms with Gasteiger partial charge < -0.3 is 14.7 Å². The quantitative estimate of drug-likeness (QED) is 0.894. The van der Waals surface area contributed by atoms with Crippen LogP contribution in [0.3, 0.4) is 0 Å². The van der Waals surface area contributed by atoms with Gasteiger partial charge in [-0.3, -0.25) is 9.59 Å². The van der Waals surface area contributed by atoms with Gasteiger partial charge in [0.1, 0.15) is 5.75 Å². The number of amides is 1. The Morgan fingerprint density at radius 3 is 2.67 bits per heavy atom.